The maximum absolute atomic E-state index is 11.9. The van der Waals surface area contributed by atoms with Crippen LogP contribution in [0.2, 0.25) is 0 Å². The zero-order chi connectivity index (χ0) is 15.6. The summed E-state index contributed by atoms with van der Waals surface area (Å²) in [7, 11) is 1.64. The van der Waals surface area contributed by atoms with Gasteiger partial charge in [-0.3, -0.25) is 4.79 Å². The van der Waals surface area contributed by atoms with Crippen molar-refractivity contribution in [2.45, 2.75) is 38.5 Å². The molecule has 1 aliphatic rings. The normalized spacial score (nSPS) is 16.0. The summed E-state index contributed by atoms with van der Waals surface area (Å²) in [6.07, 6.45) is 6.86. The van der Waals surface area contributed by atoms with Crippen molar-refractivity contribution in [3.8, 4) is 5.75 Å². The molecule has 0 bridgehead atoms. The van der Waals surface area contributed by atoms with Gasteiger partial charge in [-0.05, 0) is 56.6 Å². The maximum Gasteiger partial charge on any atom is 0.224 e. The number of likely N-dealkylation sites (tertiary alicyclic amines) is 1. The fourth-order valence-corrected chi connectivity index (χ4v) is 2.88. The van der Waals surface area contributed by atoms with Gasteiger partial charge in [-0.2, -0.15) is 0 Å². The number of hydrogen-bond donors (Lipinski definition) is 1. The predicted octanol–water partition coefficient (Wildman–Crippen LogP) is 2.62. The molecule has 1 saturated heterocycles. The maximum atomic E-state index is 11.9. The second-order valence-electron chi connectivity index (χ2n) is 5.98. The van der Waals surface area contributed by atoms with E-state index in [0.717, 1.165) is 30.8 Å². The first-order valence-electron chi connectivity index (χ1n) is 8.40. The molecule has 1 aliphatic heterocycles. The first kappa shape index (κ1) is 16.8. The van der Waals surface area contributed by atoms with Gasteiger partial charge in [0.05, 0.1) is 13.5 Å². The van der Waals surface area contributed by atoms with E-state index in [0.29, 0.717) is 6.42 Å². The number of amides is 1. The summed E-state index contributed by atoms with van der Waals surface area (Å²) >= 11 is 0. The summed E-state index contributed by atoms with van der Waals surface area (Å²) in [5, 5.41) is 3.02. The molecule has 1 heterocycles. The van der Waals surface area contributed by atoms with E-state index in [2.05, 4.69) is 10.2 Å². The SMILES string of the molecule is COc1ccc(CC(=O)NCCCN2CCCCCC2)cc1. The van der Waals surface area contributed by atoms with Crippen molar-refractivity contribution >= 4 is 5.91 Å². The Morgan fingerprint density at radius 3 is 2.45 bits per heavy atom. The largest absolute Gasteiger partial charge is 0.497 e. The van der Waals surface area contributed by atoms with Crippen molar-refractivity contribution in [2.24, 2.45) is 0 Å². The lowest BCUT2D eigenvalue weighted by atomic mass is 10.1. The van der Waals surface area contributed by atoms with Crippen molar-refractivity contribution in [1.29, 1.82) is 0 Å². The molecular formula is C18H28N2O2. The van der Waals surface area contributed by atoms with E-state index in [-0.39, 0.29) is 5.91 Å². The minimum absolute atomic E-state index is 0.0982. The summed E-state index contributed by atoms with van der Waals surface area (Å²) in [4.78, 5) is 14.4. The minimum Gasteiger partial charge on any atom is -0.497 e. The van der Waals surface area contributed by atoms with Gasteiger partial charge in [-0.1, -0.05) is 25.0 Å². The van der Waals surface area contributed by atoms with Crippen LogP contribution in [0, 0.1) is 0 Å². The third-order valence-corrected chi connectivity index (χ3v) is 4.20. The van der Waals surface area contributed by atoms with Crippen LogP contribution in [0.5, 0.6) is 5.75 Å². The summed E-state index contributed by atoms with van der Waals surface area (Å²) in [6.45, 7) is 4.31. The average Bonchev–Trinajstić information content (AvgIpc) is 2.81. The first-order valence-corrected chi connectivity index (χ1v) is 8.40. The lowest BCUT2D eigenvalue weighted by Gasteiger charge is -2.19. The summed E-state index contributed by atoms with van der Waals surface area (Å²) in [5.41, 5.74) is 1.02. The van der Waals surface area contributed by atoms with Crippen LogP contribution in [0.3, 0.4) is 0 Å². The van der Waals surface area contributed by atoms with Crippen molar-refractivity contribution < 1.29 is 9.53 Å². The molecule has 122 valence electrons. The molecule has 1 amide bonds. The van der Waals surface area contributed by atoms with E-state index >= 15 is 0 Å². The van der Waals surface area contributed by atoms with Crippen LogP contribution in [-0.4, -0.2) is 44.1 Å². The number of ether oxygens (including phenoxy) is 1. The third-order valence-electron chi connectivity index (χ3n) is 4.20. The molecule has 0 unspecified atom stereocenters. The Balaban J connectivity index is 1.60. The molecular weight excluding hydrogens is 276 g/mol. The van der Waals surface area contributed by atoms with Gasteiger partial charge in [0.1, 0.15) is 5.75 Å². The topological polar surface area (TPSA) is 41.6 Å². The number of rotatable bonds is 7. The Bertz CT molecular complexity index is 437. The van der Waals surface area contributed by atoms with Crippen LogP contribution in [0.4, 0.5) is 0 Å². The molecule has 4 nitrogen and oxygen atoms in total. The Hall–Kier alpha value is -1.55. The Kier molecular flexibility index (Phi) is 7.23. The van der Waals surface area contributed by atoms with Crippen LogP contribution < -0.4 is 10.1 Å². The number of carbonyl (C=O) groups excluding carboxylic acids is 1. The zero-order valence-electron chi connectivity index (χ0n) is 13.6. The standard InChI is InChI=1S/C18H28N2O2/c1-22-17-9-7-16(8-10-17)15-18(21)19-11-6-14-20-12-4-2-3-5-13-20/h7-10H,2-6,11-15H2,1H3,(H,19,21). The van der Waals surface area contributed by atoms with Crippen LogP contribution in [-0.2, 0) is 11.2 Å². The van der Waals surface area contributed by atoms with Crippen molar-refractivity contribution in [1.82, 2.24) is 10.2 Å². The molecule has 0 aliphatic carbocycles. The number of benzene rings is 1. The highest BCUT2D eigenvalue weighted by molar-refractivity contribution is 5.78. The molecule has 0 atom stereocenters. The van der Waals surface area contributed by atoms with Gasteiger partial charge in [-0.25, -0.2) is 0 Å². The molecule has 1 N–H and O–H groups in total. The first-order chi connectivity index (χ1) is 10.8. The van der Waals surface area contributed by atoms with Crippen molar-refractivity contribution in [2.75, 3.05) is 33.3 Å². The monoisotopic (exact) mass is 304 g/mol. The molecule has 22 heavy (non-hydrogen) atoms. The van der Waals surface area contributed by atoms with E-state index in [1.54, 1.807) is 7.11 Å². The van der Waals surface area contributed by atoms with E-state index in [4.69, 9.17) is 4.74 Å². The molecule has 1 aromatic carbocycles. The highest BCUT2D eigenvalue weighted by atomic mass is 16.5. The molecule has 4 heteroatoms. The van der Waals surface area contributed by atoms with Gasteiger partial charge >= 0.3 is 0 Å². The second kappa shape index (κ2) is 9.46. The Labute approximate surface area is 133 Å². The number of hydrogen-bond acceptors (Lipinski definition) is 3. The minimum atomic E-state index is 0.0982. The van der Waals surface area contributed by atoms with Crippen molar-refractivity contribution in [3.63, 3.8) is 0 Å². The average molecular weight is 304 g/mol. The highest BCUT2D eigenvalue weighted by Gasteiger charge is 2.08. The van der Waals surface area contributed by atoms with Crippen LogP contribution in [0.1, 0.15) is 37.7 Å². The Morgan fingerprint density at radius 1 is 1.14 bits per heavy atom. The highest BCUT2D eigenvalue weighted by Crippen LogP contribution is 2.12. The lowest BCUT2D eigenvalue weighted by molar-refractivity contribution is -0.120. The van der Waals surface area contributed by atoms with E-state index in [1.165, 1.54) is 38.8 Å². The number of methoxy groups -OCH3 is 1. The Morgan fingerprint density at radius 2 is 1.82 bits per heavy atom. The van der Waals surface area contributed by atoms with Crippen LogP contribution in [0.15, 0.2) is 24.3 Å². The molecule has 2 rings (SSSR count). The number of nitrogens with zero attached hydrogens (tertiary/aromatic N) is 1. The summed E-state index contributed by atoms with van der Waals surface area (Å²) in [5.74, 6) is 0.919. The molecule has 0 aromatic heterocycles. The quantitative estimate of drug-likeness (QED) is 0.787. The van der Waals surface area contributed by atoms with Gasteiger partial charge in [0, 0.05) is 6.54 Å². The third kappa shape index (κ3) is 6.06. The molecule has 0 spiro atoms. The second-order valence-corrected chi connectivity index (χ2v) is 5.98. The van der Waals surface area contributed by atoms with E-state index < -0.39 is 0 Å². The fourth-order valence-electron chi connectivity index (χ4n) is 2.88. The molecule has 1 aromatic rings. The van der Waals surface area contributed by atoms with E-state index in [1.807, 2.05) is 24.3 Å². The van der Waals surface area contributed by atoms with Gasteiger partial charge in [0.2, 0.25) is 5.91 Å². The lowest BCUT2D eigenvalue weighted by Crippen LogP contribution is -2.31. The zero-order valence-corrected chi connectivity index (χ0v) is 13.6. The fraction of sp³-hybridized carbons (Fsp3) is 0.611. The molecule has 1 fully saturated rings. The summed E-state index contributed by atoms with van der Waals surface area (Å²) in [6, 6.07) is 7.66. The molecule has 0 radical (unpaired) electrons. The molecule has 0 saturated carbocycles. The van der Waals surface area contributed by atoms with Crippen LogP contribution in [0.25, 0.3) is 0 Å². The van der Waals surface area contributed by atoms with E-state index in [9.17, 15) is 4.79 Å². The van der Waals surface area contributed by atoms with Gasteiger partial charge in [0.25, 0.3) is 0 Å². The number of carbonyl (C=O) groups is 1. The number of nitrogens with one attached hydrogen (secondary N) is 1. The van der Waals surface area contributed by atoms with Gasteiger partial charge in [-0.15, -0.1) is 0 Å². The van der Waals surface area contributed by atoms with Gasteiger partial charge in [0.15, 0.2) is 0 Å². The summed E-state index contributed by atoms with van der Waals surface area (Å²) < 4.78 is 5.11. The van der Waals surface area contributed by atoms with Crippen molar-refractivity contribution in [3.05, 3.63) is 29.8 Å². The van der Waals surface area contributed by atoms with Gasteiger partial charge < -0.3 is 15.0 Å². The smallest absolute Gasteiger partial charge is 0.224 e. The predicted molar refractivity (Wildman–Crippen MR) is 89.2 cm³/mol. The van der Waals surface area contributed by atoms with Crippen LogP contribution >= 0.6 is 0 Å².